The number of rotatable bonds is 5. The van der Waals surface area contributed by atoms with Crippen LogP contribution in [0.4, 0.5) is 14.6 Å². The van der Waals surface area contributed by atoms with Crippen LogP contribution in [0.5, 0.6) is 0 Å². The predicted octanol–water partition coefficient (Wildman–Crippen LogP) is 2.48. The third-order valence-corrected chi connectivity index (χ3v) is 4.23. The fourth-order valence-electron chi connectivity index (χ4n) is 2.92. The second-order valence-corrected chi connectivity index (χ2v) is 6.71. The van der Waals surface area contributed by atoms with E-state index in [1.54, 1.807) is 6.20 Å². The van der Waals surface area contributed by atoms with E-state index in [2.05, 4.69) is 24.8 Å². The van der Waals surface area contributed by atoms with E-state index in [1.165, 1.54) is 12.4 Å². The lowest BCUT2D eigenvalue weighted by molar-refractivity contribution is 0.226. The minimum Gasteiger partial charge on any atom is -0.355 e. The molecular formula is C17H21F2N7. The summed E-state index contributed by atoms with van der Waals surface area (Å²) < 4.78 is 24.7. The van der Waals surface area contributed by atoms with E-state index in [0.717, 1.165) is 37.8 Å². The molecule has 3 heterocycles. The smallest absolute Gasteiger partial charge is 0.279 e. The van der Waals surface area contributed by atoms with Gasteiger partial charge in [0.2, 0.25) is 0 Å². The quantitative estimate of drug-likeness (QED) is 0.709. The molecule has 7 nitrogen and oxygen atoms in total. The molecule has 9 heteroatoms. The molecule has 1 aliphatic rings. The zero-order valence-electron chi connectivity index (χ0n) is 14.4. The molecule has 1 saturated heterocycles. The fraction of sp³-hybridized carbons (Fsp3) is 0.412. The number of halogens is 2. The number of piperidine rings is 1. The van der Waals surface area contributed by atoms with Gasteiger partial charge in [-0.1, -0.05) is 0 Å². The molecule has 0 saturated carbocycles. The van der Waals surface area contributed by atoms with Crippen molar-refractivity contribution in [3.8, 4) is 11.4 Å². The zero-order chi connectivity index (χ0) is 18.7. The Morgan fingerprint density at radius 1 is 1.42 bits per heavy atom. The Morgan fingerprint density at radius 3 is 2.96 bits per heavy atom. The van der Waals surface area contributed by atoms with E-state index in [1.807, 2.05) is 13.0 Å². The summed E-state index contributed by atoms with van der Waals surface area (Å²) in [6, 6.07) is 1.85. The Bertz CT molecular complexity index is 813. The molecule has 0 aliphatic carbocycles. The number of aromatic nitrogens is 4. The van der Waals surface area contributed by atoms with Crippen molar-refractivity contribution in [2.75, 3.05) is 18.0 Å². The standard InChI is InChI=1S/C17H21F2N7/c1-17(21)5-2-6-26(9-17)15-7-12(23-10-24-15)13-8-22-14(25-13)4-3-11(20)16(18)19/h3-4,7-8,10,16,20H,2,5-6,9,21H2,1H3,(H,22,25)/b4-3-,20-11?. The lowest BCUT2D eigenvalue weighted by atomic mass is 9.92. The second kappa shape index (κ2) is 7.28. The first kappa shape index (κ1) is 18.1. The summed E-state index contributed by atoms with van der Waals surface area (Å²) in [7, 11) is 0. The van der Waals surface area contributed by atoms with Crippen LogP contribution >= 0.6 is 0 Å². The molecule has 0 amide bonds. The Hall–Kier alpha value is -2.68. The average molecular weight is 361 g/mol. The number of hydrogen-bond acceptors (Lipinski definition) is 6. The summed E-state index contributed by atoms with van der Waals surface area (Å²) in [6.45, 7) is 3.64. The molecule has 1 unspecified atom stereocenters. The van der Waals surface area contributed by atoms with E-state index in [-0.39, 0.29) is 5.54 Å². The number of alkyl halides is 2. The molecule has 1 atom stereocenters. The summed E-state index contributed by atoms with van der Waals surface area (Å²) in [4.78, 5) is 17.8. The molecule has 26 heavy (non-hydrogen) atoms. The summed E-state index contributed by atoms with van der Waals surface area (Å²) in [6.07, 6.45) is 4.59. The molecule has 0 spiro atoms. The highest BCUT2D eigenvalue weighted by Gasteiger charge is 2.27. The van der Waals surface area contributed by atoms with Crippen LogP contribution in [0.25, 0.3) is 17.5 Å². The minimum atomic E-state index is -2.80. The number of nitrogens with one attached hydrogen (secondary N) is 2. The third-order valence-electron chi connectivity index (χ3n) is 4.23. The van der Waals surface area contributed by atoms with Gasteiger partial charge in [0.1, 0.15) is 18.0 Å². The first-order chi connectivity index (χ1) is 12.3. The largest absolute Gasteiger partial charge is 0.355 e. The van der Waals surface area contributed by atoms with Crippen LogP contribution in [-0.2, 0) is 0 Å². The zero-order valence-corrected chi connectivity index (χ0v) is 14.4. The Kier molecular flexibility index (Phi) is 5.08. The minimum absolute atomic E-state index is 0.246. The average Bonchev–Trinajstić information content (AvgIpc) is 3.08. The van der Waals surface area contributed by atoms with Crippen LogP contribution in [0.1, 0.15) is 25.6 Å². The van der Waals surface area contributed by atoms with Gasteiger partial charge in [0, 0.05) is 24.7 Å². The van der Waals surface area contributed by atoms with Gasteiger partial charge in [-0.25, -0.2) is 23.7 Å². The van der Waals surface area contributed by atoms with Crippen LogP contribution < -0.4 is 10.6 Å². The maximum absolute atomic E-state index is 12.3. The van der Waals surface area contributed by atoms with Gasteiger partial charge in [-0.05, 0) is 31.9 Å². The molecule has 0 bridgehead atoms. The van der Waals surface area contributed by atoms with Gasteiger partial charge in [0.05, 0.1) is 23.3 Å². The highest BCUT2D eigenvalue weighted by molar-refractivity contribution is 5.97. The Balaban J connectivity index is 1.77. The summed E-state index contributed by atoms with van der Waals surface area (Å²) >= 11 is 0. The van der Waals surface area contributed by atoms with E-state index in [9.17, 15) is 8.78 Å². The van der Waals surface area contributed by atoms with E-state index in [0.29, 0.717) is 17.2 Å². The predicted molar refractivity (Wildman–Crippen MR) is 96.4 cm³/mol. The number of aromatic amines is 1. The molecule has 0 radical (unpaired) electrons. The number of nitrogens with zero attached hydrogens (tertiary/aromatic N) is 4. The van der Waals surface area contributed by atoms with Gasteiger partial charge >= 0.3 is 0 Å². The van der Waals surface area contributed by atoms with E-state index < -0.39 is 12.1 Å². The van der Waals surface area contributed by atoms with Crippen LogP contribution in [0.3, 0.4) is 0 Å². The fourth-order valence-corrected chi connectivity index (χ4v) is 2.92. The Morgan fingerprint density at radius 2 is 2.23 bits per heavy atom. The number of allylic oxidation sites excluding steroid dienone is 1. The molecule has 2 aromatic heterocycles. The second-order valence-electron chi connectivity index (χ2n) is 6.71. The summed E-state index contributed by atoms with van der Waals surface area (Å²) in [5, 5.41) is 7.12. The SMILES string of the molecule is CC1(N)CCCN(c2cc(-c3cnc(/C=C\C(=N)C(F)F)[nH]3)ncn2)C1. The first-order valence-electron chi connectivity index (χ1n) is 8.30. The number of hydrogen-bond donors (Lipinski definition) is 3. The number of nitrogens with two attached hydrogens (primary N) is 1. The van der Waals surface area contributed by atoms with Crippen molar-refractivity contribution < 1.29 is 8.78 Å². The van der Waals surface area contributed by atoms with E-state index >= 15 is 0 Å². The monoisotopic (exact) mass is 361 g/mol. The van der Waals surface area contributed by atoms with Crippen LogP contribution in [0.15, 0.2) is 24.7 Å². The van der Waals surface area contributed by atoms with Crippen molar-refractivity contribution in [1.82, 2.24) is 19.9 Å². The molecular weight excluding hydrogens is 340 g/mol. The number of H-pyrrole nitrogens is 1. The van der Waals surface area contributed by atoms with Crippen molar-refractivity contribution in [3.05, 3.63) is 30.5 Å². The topological polar surface area (TPSA) is 108 Å². The molecule has 138 valence electrons. The maximum Gasteiger partial charge on any atom is 0.279 e. The lowest BCUT2D eigenvalue weighted by Crippen LogP contribution is -2.52. The number of anilines is 1. The molecule has 0 aromatic carbocycles. The highest BCUT2D eigenvalue weighted by atomic mass is 19.3. The van der Waals surface area contributed by atoms with E-state index in [4.69, 9.17) is 11.1 Å². The van der Waals surface area contributed by atoms with Crippen molar-refractivity contribution >= 4 is 17.6 Å². The van der Waals surface area contributed by atoms with Crippen LogP contribution in [0, 0.1) is 5.41 Å². The van der Waals surface area contributed by atoms with Gasteiger partial charge in [0.25, 0.3) is 6.43 Å². The summed E-state index contributed by atoms with van der Waals surface area (Å²) in [5.41, 5.74) is 6.54. The van der Waals surface area contributed by atoms with Gasteiger partial charge in [0.15, 0.2) is 0 Å². The summed E-state index contributed by atoms with van der Waals surface area (Å²) in [5.74, 6) is 1.16. The number of imidazole rings is 1. The molecule has 1 aliphatic heterocycles. The van der Waals surface area contributed by atoms with Gasteiger partial charge in [-0.2, -0.15) is 0 Å². The first-order valence-corrected chi connectivity index (χ1v) is 8.30. The van der Waals surface area contributed by atoms with Crippen molar-refractivity contribution in [1.29, 1.82) is 5.41 Å². The normalized spacial score (nSPS) is 20.9. The molecule has 3 rings (SSSR count). The Labute approximate surface area is 149 Å². The molecule has 1 fully saturated rings. The maximum atomic E-state index is 12.3. The van der Waals surface area contributed by atoms with Gasteiger partial charge in [-0.15, -0.1) is 0 Å². The van der Waals surface area contributed by atoms with Crippen molar-refractivity contribution in [2.45, 2.75) is 31.7 Å². The third kappa shape index (κ3) is 4.29. The lowest BCUT2D eigenvalue weighted by Gasteiger charge is -2.38. The van der Waals surface area contributed by atoms with Crippen LogP contribution in [0.2, 0.25) is 0 Å². The van der Waals surface area contributed by atoms with Gasteiger partial charge < -0.3 is 15.6 Å². The van der Waals surface area contributed by atoms with Gasteiger partial charge in [-0.3, -0.25) is 5.41 Å². The van der Waals surface area contributed by atoms with Crippen molar-refractivity contribution in [2.24, 2.45) is 5.73 Å². The molecule has 4 N–H and O–H groups in total. The highest BCUT2D eigenvalue weighted by Crippen LogP contribution is 2.25. The molecule has 2 aromatic rings. The van der Waals surface area contributed by atoms with Crippen LogP contribution in [-0.4, -0.2) is 50.7 Å². The van der Waals surface area contributed by atoms with Crippen molar-refractivity contribution in [3.63, 3.8) is 0 Å².